The maximum atomic E-state index is 5.78. The van der Waals surface area contributed by atoms with Crippen molar-refractivity contribution in [3.8, 4) is 0 Å². The minimum atomic E-state index is 0.351. The van der Waals surface area contributed by atoms with Gasteiger partial charge in [-0.3, -0.25) is 0 Å². The second-order valence-electron chi connectivity index (χ2n) is 5.39. The van der Waals surface area contributed by atoms with Crippen LogP contribution in [-0.4, -0.2) is 6.54 Å². The zero-order chi connectivity index (χ0) is 11.1. The molecule has 0 radical (unpaired) electrons. The topological polar surface area (TPSA) is 25.2 Å². The molecule has 1 N–H and O–H groups in total. The minimum absolute atomic E-state index is 0.351. The normalized spacial score (nSPS) is 23.9. The summed E-state index contributed by atoms with van der Waals surface area (Å²) in [6.45, 7) is 9.85. The molecule has 1 atom stereocenters. The standard InChI is InChI=1S/C13H21NO/c1-5-14-11-7-13(3,4)8-12-10(11)6-9(2)15-12/h6,11,14H,5,7-8H2,1-4H3. The quantitative estimate of drug-likeness (QED) is 0.805. The third-order valence-electron chi connectivity index (χ3n) is 3.19. The van der Waals surface area contributed by atoms with Crippen LogP contribution in [0.25, 0.3) is 0 Å². The first-order valence-electron chi connectivity index (χ1n) is 5.84. The monoisotopic (exact) mass is 207 g/mol. The van der Waals surface area contributed by atoms with Gasteiger partial charge in [0.05, 0.1) is 0 Å². The Hall–Kier alpha value is -0.760. The van der Waals surface area contributed by atoms with Crippen molar-refractivity contribution in [3.63, 3.8) is 0 Å². The fourth-order valence-electron chi connectivity index (χ4n) is 2.61. The van der Waals surface area contributed by atoms with Crippen LogP contribution in [0.15, 0.2) is 10.5 Å². The van der Waals surface area contributed by atoms with E-state index >= 15 is 0 Å². The molecule has 0 saturated heterocycles. The molecule has 0 fully saturated rings. The highest BCUT2D eigenvalue weighted by atomic mass is 16.3. The Morgan fingerprint density at radius 2 is 2.27 bits per heavy atom. The molecular weight excluding hydrogens is 186 g/mol. The van der Waals surface area contributed by atoms with Crippen molar-refractivity contribution in [2.45, 2.75) is 46.6 Å². The number of hydrogen-bond acceptors (Lipinski definition) is 2. The molecule has 0 aromatic carbocycles. The van der Waals surface area contributed by atoms with Crippen molar-refractivity contribution in [3.05, 3.63) is 23.2 Å². The van der Waals surface area contributed by atoms with E-state index in [0.717, 1.165) is 18.7 Å². The van der Waals surface area contributed by atoms with Gasteiger partial charge < -0.3 is 9.73 Å². The van der Waals surface area contributed by atoms with E-state index < -0.39 is 0 Å². The zero-order valence-electron chi connectivity index (χ0n) is 10.2. The van der Waals surface area contributed by atoms with E-state index in [1.807, 2.05) is 6.92 Å². The lowest BCUT2D eigenvalue weighted by Crippen LogP contribution is -2.32. The summed E-state index contributed by atoms with van der Waals surface area (Å²) in [6.07, 6.45) is 2.27. The van der Waals surface area contributed by atoms with Crippen LogP contribution in [0.2, 0.25) is 0 Å². The third-order valence-corrected chi connectivity index (χ3v) is 3.19. The van der Waals surface area contributed by atoms with Crippen molar-refractivity contribution in [1.29, 1.82) is 0 Å². The summed E-state index contributed by atoms with van der Waals surface area (Å²) in [7, 11) is 0. The molecule has 1 unspecified atom stereocenters. The van der Waals surface area contributed by atoms with Gasteiger partial charge >= 0.3 is 0 Å². The molecule has 1 aromatic heterocycles. The number of aryl methyl sites for hydroxylation is 1. The fraction of sp³-hybridized carbons (Fsp3) is 0.692. The predicted octanol–water partition coefficient (Wildman–Crippen LogP) is 3.21. The number of furan rings is 1. The average Bonchev–Trinajstić information content (AvgIpc) is 2.44. The van der Waals surface area contributed by atoms with Crippen LogP contribution in [0.3, 0.4) is 0 Å². The summed E-state index contributed by atoms with van der Waals surface area (Å²) >= 11 is 0. The van der Waals surface area contributed by atoms with Crippen LogP contribution >= 0.6 is 0 Å². The summed E-state index contributed by atoms with van der Waals surface area (Å²) in [5, 5.41) is 3.55. The molecule has 0 aliphatic heterocycles. The van der Waals surface area contributed by atoms with Crippen LogP contribution in [0.4, 0.5) is 0 Å². The number of hydrogen-bond donors (Lipinski definition) is 1. The van der Waals surface area contributed by atoms with Crippen LogP contribution < -0.4 is 5.32 Å². The van der Waals surface area contributed by atoms with Crippen molar-refractivity contribution >= 4 is 0 Å². The van der Waals surface area contributed by atoms with E-state index in [9.17, 15) is 0 Å². The highest BCUT2D eigenvalue weighted by molar-refractivity contribution is 5.29. The Balaban J connectivity index is 2.33. The summed E-state index contributed by atoms with van der Waals surface area (Å²) in [4.78, 5) is 0. The summed E-state index contributed by atoms with van der Waals surface area (Å²) in [6, 6.07) is 2.67. The van der Waals surface area contributed by atoms with E-state index in [2.05, 4.69) is 32.2 Å². The van der Waals surface area contributed by atoms with E-state index in [1.165, 1.54) is 17.7 Å². The molecule has 2 rings (SSSR count). The average molecular weight is 207 g/mol. The van der Waals surface area contributed by atoms with Crippen LogP contribution in [0, 0.1) is 12.3 Å². The summed E-state index contributed by atoms with van der Waals surface area (Å²) in [5.74, 6) is 2.23. The highest BCUT2D eigenvalue weighted by Crippen LogP contribution is 2.41. The number of nitrogens with one attached hydrogen (secondary N) is 1. The second kappa shape index (κ2) is 3.67. The molecule has 2 nitrogen and oxygen atoms in total. The molecular formula is C13H21NO. The lowest BCUT2D eigenvalue weighted by molar-refractivity contribution is 0.236. The van der Waals surface area contributed by atoms with Gasteiger partial charge in [-0.25, -0.2) is 0 Å². The maximum absolute atomic E-state index is 5.78. The maximum Gasteiger partial charge on any atom is 0.109 e. The first kappa shape index (κ1) is 10.7. The van der Waals surface area contributed by atoms with Gasteiger partial charge in [0.25, 0.3) is 0 Å². The smallest absolute Gasteiger partial charge is 0.109 e. The molecule has 15 heavy (non-hydrogen) atoms. The van der Waals surface area contributed by atoms with Gasteiger partial charge in [0.1, 0.15) is 11.5 Å². The van der Waals surface area contributed by atoms with Gasteiger partial charge in [0, 0.05) is 18.0 Å². The van der Waals surface area contributed by atoms with Crippen molar-refractivity contribution in [2.75, 3.05) is 6.54 Å². The van der Waals surface area contributed by atoms with E-state index in [-0.39, 0.29) is 0 Å². The largest absolute Gasteiger partial charge is 0.466 e. The molecule has 1 aliphatic rings. The molecule has 2 heteroatoms. The van der Waals surface area contributed by atoms with Crippen LogP contribution in [-0.2, 0) is 6.42 Å². The van der Waals surface area contributed by atoms with Gasteiger partial charge in [0.2, 0.25) is 0 Å². The fourth-order valence-corrected chi connectivity index (χ4v) is 2.61. The van der Waals surface area contributed by atoms with Crippen molar-refractivity contribution < 1.29 is 4.42 Å². The lowest BCUT2D eigenvalue weighted by atomic mass is 9.75. The van der Waals surface area contributed by atoms with E-state index in [1.54, 1.807) is 0 Å². The number of fused-ring (bicyclic) bond motifs is 1. The van der Waals surface area contributed by atoms with Crippen molar-refractivity contribution in [2.24, 2.45) is 5.41 Å². The second-order valence-corrected chi connectivity index (χ2v) is 5.39. The SMILES string of the molecule is CCNC1CC(C)(C)Cc2oc(C)cc21. The summed E-state index contributed by atoms with van der Waals surface area (Å²) in [5.41, 5.74) is 1.73. The predicted molar refractivity (Wildman–Crippen MR) is 62.0 cm³/mol. The van der Waals surface area contributed by atoms with Gasteiger partial charge in [-0.05, 0) is 31.4 Å². The molecule has 84 valence electrons. The van der Waals surface area contributed by atoms with Crippen LogP contribution in [0.5, 0.6) is 0 Å². The van der Waals surface area contributed by atoms with Crippen LogP contribution in [0.1, 0.15) is 50.3 Å². The molecule has 0 saturated carbocycles. The Kier molecular flexibility index (Phi) is 2.63. The highest BCUT2D eigenvalue weighted by Gasteiger charge is 2.34. The Morgan fingerprint density at radius 3 is 2.93 bits per heavy atom. The zero-order valence-corrected chi connectivity index (χ0v) is 10.2. The van der Waals surface area contributed by atoms with Gasteiger partial charge in [-0.15, -0.1) is 0 Å². The van der Waals surface area contributed by atoms with Gasteiger partial charge in [0.15, 0.2) is 0 Å². The molecule has 1 aliphatic carbocycles. The van der Waals surface area contributed by atoms with Crippen molar-refractivity contribution in [1.82, 2.24) is 5.32 Å². The molecule has 1 heterocycles. The minimum Gasteiger partial charge on any atom is -0.466 e. The lowest BCUT2D eigenvalue weighted by Gasteiger charge is -2.34. The number of rotatable bonds is 2. The van der Waals surface area contributed by atoms with E-state index in [0.29, 0.717) is 11.5 Å². The van der Waals surface area contributed by atoms with Gasteiger partial charge in [-0.2, -0.15) is 0 Å². The molecule has 0 spiro atoms. The van der Waals surface area contributed by atoms with Gasteiger partial charge in [-0.1, -0.05) is 20.8 Å². The molecule has 0 amide bonds. The Bertz CT molecular complexity index is 351. The summed E-state index contributed by atoms with van der Waals surface area (Å²) < 4.78 is 5.78. The third kappa shape index (κ3) is 2.10. The first-order valence-corrected chi connectivity index (χ1v) is 5.84. The molecule has 1 aromatic rings. The Morgan fingerprint density at radius 1 is 1.53 bits per heavy atom. The first-order chi connectivity index (χ1) is 7.02. The molecule has 0 bridgehead atoms. The van der Waals surface area contributed by atoms with E-state index in [4.69, 9.17) is 4.42 Å². The Labute approximate surface area is 92.1 Å².